The summed E-state index contributed by atoms with van der Waals surface area (Å²) in [7, 11) is 0. The Morgan fingerprint density at radius 3 is 2.02 bits per heavy atom. The van der Waals surface area contributed by atoms with Crippen molar-refractivity contribution < 1.29 is 5.11 Å². The van der Waals surface area contributed by atoms with Gasteiger partial charge in [0, 0.05) is 46.2 Å². The number of rotatable bonds is 5. The van der Waals surface area contributed by atoms with Gasteiger partial charge in [-0.25, -0.2) is 9.97 Å². The first kappa shape index (κ1) is 27.9. The lowest BCUT2D eigenvalue weighted by atomic mass is 9.88. The highest BCUT2D eigenvalue weighted by Crippen LogP contribution is 2.42. The number of pyridine rings is 2. The summed E-state index contributed by atoms with van der Waals surface area (Å²) in [6, 6.07) is 45.8. The second kappa shape index (κ2) is 11.5. The summed E-state index contributed by atoms with van der Waals surface area (Å²) in [4.78, 5) is 15.1. The lowest BCUT2D eigenvalue weighted by Crippen LogP contribution is -2.06. The van der Waals surface area contributed by atoms with E-state index in [9.17, 15) is 5.11 Å². The normalized spacial score (nSPS) is 12.1. The first-order valence-electron chi connectivity index (χ1n) is 16.2. The van der Waals surface area contributed by atoms with Gasteiger partial charge in [-0.3, -0.25) is 9.55 Å². The number of nitrogens with zero attached hydrogens (tertiary/aromatic N) is 4. The number of aromatic nitrogens is 4. The number of phenols is 1. The molecule has 9 rings (SSSR count). The van der Waals surface area contributed by atoms with E-state index in [2.05, 4.69) is 119 Å². The van der Waals surface area contributed by atoms with E-state index < -0.39 is 0 Å². The summed E-state index contributed by atoms with van der Waals surface area (Å²) in [6.45, 7) is 0. The van der Waals surface area contributed by atoms with Crippen LogP contribution in [0.4, 0.5) is 0 Å². The van der Waals surface area contributed by atoms with Crippen LogP contribution < -0.4 is 0 Å². The lowest BCUT2D eigenvalue weighted by Gasteiger charge is -2.20. The minimum Gasteiger partial charge on any atom is -0.507 e. The first-order valence-corrected chi connectivity index (χ1v) is 16.2. The molecule has 1 aliphatic rings. The third kappa shape index (κ3) is 4.67. The molecule has 0 spiro atoms. The van der Waals surface area contributed by atoms with Crippen LogP contribution in [0.1, 0.15) is 11.1 Å². The summed E-state index contributed by atoms with van der Waals surface area (Å²) in [6.07, 6.45) is 7.62. The van der Waals surface area contributed by atoms with Crippen LogP contribution in [-0.4, -0.2) is 24.6 Å². The molecule has 5 heteroatoms. The van der Waals surface area contributed by atoms with Crippen LogP contribution in [0.25, 0.3) is 72.7 Å². The molecule has 5 aromatic carbocycles. The fraction of sp³-hybridized carbons (Fsp3) is 0.0465. The number of imidazole rings is 1. The quantitative estimate of drug-likeness (QED) is 0.209. The van der Waals surface area contributed by atoms with E-state index in [1.54, 1.807) is 6.07 Å². The van der Waals surface area contributed by atoms with Gasteiger partial charge >= 0.3 is 0 Å². The maximum atomic E-state index is 10.9. The van der Waals surface area contributed by atoms with Gasteiger partial charge in [0.1, 0.15) is 17.3 Å². The van der Waals surface area contributed by atoms with Crippen LogP contribution in [0, 0.1) is 0 Å². The Kier molecular flexibility index (Phi) is 6.68. The molecule has 0 saturated heterocycles. The third-order valence-electron chi connectivity index (χ3n) is 9.35. The van der Waals surface area contributed by atoms with Crippen molar-refractivity contribution in [3.8, 4) is 67.7 Å². The molecule has 8 aromatic rings. The number of aromatic hydroxyl groups is 1. The monoisotopic (exact) mass is 618 g/mol. The average molecular weight is 619 g/mol. The van der Waals surface area contributed by atoms with Crippen molar-refractivity contribution in [3.05, 3.63) is 163 Å². The van der Waals surface area contributed by atoms with Crippen molar-refractivity contribution in [2.45, 2.75) is 12.8 Å². The van der Waals surface area contributed by atoms with Crippen molar-refractivity contribution >= 4 is 10.8 Å². The number of hydrogen-bond donors (Lipinski definition) is 1. The molecule has 0 radical (unpaired) electrons. The van der Waals surface area contributed by atoms with E-state index in [0.29, 0.717) is 0 Å². The van der Waals surface area contributed by atoms with Gasteiger partial charge in [0.05, 0.1) is 17.1 Å². The van der Waals surface area contributed by atoms with Gasteiger partial charge in [-0.2, -0.15) is 0 Å². The minimum absolute atomic E-state index is 0.261. The predicted octanol–water partition coefficient (Wildman–Crippen LogP) is 9.95. The zero-order valence-corrected chi connectivity index (χ0v) is 26.1. The Hall–Kier alpha value is -6.33. The van der Waals surface area contributed by atoms with Crippen LogP contribution in [0.2, 0.25) is 0 Å². The predicted molar refractivity (Wildman–Crippen MR) is 193 cm³/mol. The summed E-state index contributed by atoms with van der Waals surface area (Å²) in [5.41, 5.74) is 11.8. The SMILES string of the molecule is Oc1cccc2c1-c1nc(-c3cn(-c4c(-c5ccccc5)cccc4-c4ccccc4)c(-c4cccc5ccncc45)n3)ccc1CC2. The van der Waals surface area contributed by atoms with E-state index >= 15 is 0 Å². The number of benzene rings is 5. The molecule has 0 aliphatic heterocycles. The molecule has 228 valence electrons. The van der Waals surface area contributed by atoms with Gasteiger partial charge in [0.15, 0.2) is 0 Å². The van der Waals surface area contributed by atoms with Gasteiger partial charge in [0.2, 0.25) is 0 Å². The Bertz CT molecular complexity index is 2400. The van der Waals surface area contributed by atoms with Crippen molar-refractivity contribution in [2.24, 2.45) is 0 Å². The van der Waals surface area contributed by atoms with Crippen molar-refractivity contribution in [2.75, 3.05) is 0 Å². The van der Waals surface area contributed by atoms with Crippen LogP contribution in [0.5, 0.6) is 5.75 Å². The zero-order valence-electron chi connectivity index (χ0n) is 26.1. The maximum Gasteiger partial charge on any atom is 0.146 e. The number of fused-ring (bicyclic) bond motifs is 4. The molecule has 1 N–H and O–H groups in total. The van der Waals surface area contributed by atoms with Gasteiger partial charge in [-0.1, -0.05) is 115 Å². The second-order valence-corrected chi connectivity index (χ2v) is 12.2. The molecule has 1 aliphatic carbocycles. The van der Waals surface area contributed by atoms with E-state index in [4.69, 9.17) is 9.97 Å². The molecule has 0 fully saturated rings. The van der Waals surface area contributed by atoms with Gasteiger partial charge in [-0.15, -0.1) is 0 Å². The second-order valence-electron chi connectivity index (χ2n) is 12.2. The third-order valence-corrected chi connectivity index (χ3v) is 9.35. The minimum atomic E-state index is 0.261. The van der Waals surface area contributed by atoms with Crippen LogP contribution >= 0.6 is 0 Å². The van der Waals surface area contributed by atoms with E-state index in [1.807, 2.05) is 36.7 Å². The molecule has 0 amide bonds. The van der Waals surface area contributed by atoms with Crippen LogP contribution in [0.3, 0.4) is 0 Å². The molecule has 0 unspecified atom stereocenters. The Balaban J connectivity index is 1.34. The topological polar surface area (TPSA) is 63.8 Å². The summed E-state index contributed by atoms with van der Waals surface area (Å²) in [5, 5.41) is 13.0. The largest absolute Gasteiger partial charge is 0.507 e. The summed E-state index contributed by atoms with van der Waals surface area (Å²) in [5.74, 6) is 1.06. The fourth-order valence-electron chi connectivity index (χ4n) is 7.06. The molecule has 3 aromatic heterocycles. The number of hydrogen-bond acceptors (Lipinski definition) is 4. The Labute approximate surface area is 278 Å². The molecule has 0 saturated carbocycles. The molecule has 0 atom stereocenters. The molecule has 3 heterocycles. The maximum absolute atomic E-state index is 10.9. The zero-order chi connectivity index (χ0) is 32.0. The van der Waals surface area contributed by atoms with Crippen molar-refractivity contribution in [1.82, 2.24) is 19.5 Å². The Morgan fingerprint density at radius 1 is 0.562 bits per heavy atom. The standard InChI is InChI=1S/C43H30N4O/c48-39-19-8-15-31-20-21-32-22-23-37(45-41(32)40(31)39)38-27-47(43(46-38)35-18-7-14-30-24-25-44-26-36(30)35)42-33(28-10-3-1-4-11-28)16-9-17-34(42)29-12-5-2-6-13-29/h1-19,22-27,48H,20-21H2. The van der Waals surface area contributed by atoms with Gasteiger partial charge < -0.3 is 5.11 Å². The van der Waals surface area contributed by atoms with E-state index in [1.165, 1.54) is 0 Å². The van der Waals surface area contributed by atoms with Crippen LogP contribution in [0.15, 0.2) is 152 Å². The summed E-state index contributed by atoms with van der Waals surface area (Å²) >= 11 is 0. The number of phenolic OH excluding ortho intramolecular Hbond substituents is 1. The highest BCUT2D eigenvalue weighted by molar-refractivity contribution is 5.96. The molecular weight excluding hydrogens is 589 g/mol. The number of aryl methyl sites for hydroxylation is 2. The van der Waals surface area contributed by atoms with Crippen molar-refractivity contribution in [1.29, 1.82) is 0 Å². The highest BCUT2D eigenvalue weighted by atomic mass is 16.3. The molecule has 0 bridgehead atoms. The van der Waals surface area contributed by atoms with Gasteiger partial charge in [-0.05, 0) is 58.7 Å². The molecular formula is C43H30N4O. The fourth-order valence-corrected chi connectivity index (χ4v) is 7.06. The molecule has 5 nitrogen and oxygen atoms in total. The van der Waals surface area contributed by atoms with E-state index in [-0.39, 0.29) is 5.75 Å². The van der Waals surface area contributed by atoms with Gasteiger partial charge in [0.25, 0.3) is 0 Å². The summed E-state index contributed by atoms with van der Waals surface area (Å²) < 4.78 is 2.23. The smallest absolute Gasteiger partial charge is 0.146 e. The number of para-hydroxylation sites is 1. The Morgan fingerprint density at radius 2 is 1.25 bits per heavy atom. The first-order chi connectivity index (χ1) is 23.7. The van der Waals surface area contributed by atoms with Crippen molar-refractivity contribution in [3.63, 3.8) is 0 Å². The van der Waals surface area contributed by atoms with Crippen LogP contribution in [-0.2, 0) is 12.8 Å². The highest BCUT2D eigenvalue weighted by Gasteiger charge is 2.24. The average Bonchev–Trinajstić information content (AvgIpc) is 3.60. The lowest BCUT2D eigenvalue weighted by molar-refractivity contribution is 0.476. The van der Waals surface area contributed by atoms with E-state index in [0.717, 1.165) is 96.7 Å². The molecule has 48 heavy (non-hydrogen) atoms.